The van der Waals surface area contributed by atoms with Gasteiger partial charge in [0.1, 0.15) is 0 Å². The van der Waals surface area contributed by atoms with Crippen LogP contribution in [-0.4, -0.2) is 38.0 Å². The summed E-state index contributed by atoms with van der Waals surface area (Å²) in [5.74, 6) is 1.98. The maximum absolute atomic E-state index is 11.5. The molecule has 0 aromatic rings. The molecule has 0 spiro atoms. The van der Waals surface area contributed by atoms with E-state index in [1.165, 1.54) is 0 Å². The van der Waals surface area contributed by atoms with E-state index in [9.17, 15) is 4.79 Å². The molecule has 20 heavy (non-hydrogen) atoms. The van der Waals surface area contributed by atoms with E-state index < -0.39 is 0 Å². The molecule has 0 aliphatic heterocycles. The molecule has 0 atom stereocenters. The maximum atomic E-state index is 11.5. The van der Waals surface area contributed by atoms with E-state index in [4.69, 9.17) is 0 Å². The molecule has 1 amide bonds. The molecule has 0 aromatic carbocycles. The van der Waals surface area contributed by atoms with Gasteiger partial charge in [0.2, 0.25) is 5.91 Å². The third-order valence-corrected chi connectivity index (χ3v) is 3.67. The first kappa shape index (κ1) is 16.8. The third kappa shape index (κ3) is 6.78. The van der Waals surface area contributed by atoms with Crippen molar-refractivity contribution in [1.82, 2.24) is 16.0 Å². The van der Waals surface area contributed by atoms with Gasteiger partial charge in [0, 0.05) is 32.1 Å². The van der Waals surface area contributed by atoms with E-state index in [2.05, 4.69) is 41.7 Å². The van der Waals surface area contributed by atoms with Gasteiger partial charge in [0.15, 0.2) is 5.96 Å². The summed E-state index contributed by atoms with van der Waals surface area (Å²) in [4.78, 5) is 16.1. The van der Waals surface area contributed by atoms with Crippen LogP contribution < -0.4 is 16.0 Å². The SMILES string of the molecule is CCNC(=NCC(CC)CC)NCCNC(=O)C1CC1. The number of nitrogens with zero attached hydrogens (tertiary/aromatic N) is 1. The standard InChI is InChI=1S/C15H30N4O/c1-4-12(5-2)11-19-15(16-6-3)18-10-9-17-14(20)13-7-8-13/h12-13H,4-11H2,1-3H3,(H,17,20)(H2,16,18,19). The van der Waals surface area contributed by atoms with Gasteiger partial charge in [0.05, 0.1) is 0 Å². The van der Waals surface area contributed by atoms with Crippen LogP contribution >= 0.6 is 0 Å². The van der Waals surface area contributed by atoms with E-state index in [0.29, 0.717) is 19.0 Å². The van der Waals surface area contributed by atoms with Crippen molar-refractivity contribution in [3.05, 3.63) is 0 Å². The van der Waals surface area contributed by atoms with Gasteiger partial charge in [-0.3, -0.25) is 9.79 Å². The van der Waals surface area contributed by atoms with Gasteiger partial charge in [0.25, 0.3) is 0 Å². The van der Waals surface area contributed by atoms with Crippen molar-refractivity contribution in [2.45, 2.75) is 46.5 Å². The predicted octanol–water partition coefficient (Wildman–Crippen LogP) is 1.50. The number of hydrogen-bond acceptors (Lipinski definition) is 2. The molecule has 1 fully saturated rings. The zero-order chi connectivity index (χ0) is 14.8. The Bertz CT molecular complexity index is 309. The van der Waals surface area contributed by atoms with Crippen molar-refractivity contribution in [3.63, 3.8) is 0 Å². The summed E-state index contributed by atoms with van der Waals surface area (Å²) in [6, 6.07) is 0. The lowest BCUT2D eigenvalue weighted by molar-refractivity contribution is -0.122. The number of guanidine groups is 1. The highest BCUT2D eigenvalue weighted by molar-refractivity contribution is 5.81. The summed E-state index contributed by atoms with van der Waals surface area (Å²) < 4.78 is 0. The second-order valence-corrected chi connectivity index (χ2v) is 5.39. The van der Waals surface area contributed by atoms with Crippen molar-refractivity contribution in [1.29, 1.82) is 0 Å². The molecule has 5 heteroatoms. The van der Waals surface area contributed by atoms with Crippen molar-refractivity contribution in [2.75, 3.05) is 26.2 Å². The fraction of sp³-hybridized carbons (Fsp3) is 0.867. The van der Waals surface area contributed by atoms with E-state index in [0.717, 1.165) is 44.7 Å². The Morgan fingerprint density at radius 1 is 1.10 bits per heavy atom. The second-order valence-electron chi connectivity index (χ2n) is 5.39. The van der Waals surface area contributed by atoms with Crippen LogP contribution in [0.25, 0.3) is 0 Å². The summed E-state index contributed by atoms with van der Waals surface area (Å²) in [5.41, 5.74) is 0. The Hall–Kier alpha value is -1.26. The van der Waals surface area contributed by atoms with Gasteiger partial charge in [-0.25, -0.2) is 0 Å². The monoisotopic (exact) mass is 282 g/mol. The summed E-state index contributed by atoms with van der Waals surface area (Å²) in [6.07, 6.45) is 4.44. The van der Waals surface area contributed by atoms with Gasteiger partial charge in [-0.05, 0) is 25.7 Å². The molecule has 0 saturated heterocycles. The number of carbonyl (C=O) groups is 1. The van der Waals surface area contributed by atoms with Gasteiger partial charge >= 0.3 is 0 Å². The molecule has 116 valence electrons. The zero-order valence-electron chi connectivity index (χ0n) is 13.2. The summed E-state index contributed by atoms with van der Waals surface area (Å²) >= 11 is 0. The molecule has 1 aliphatic rings. The zero-order valence-corrected chi connectivity index (χ0v) is 13.2. The van der Waals surface area contributed by atoms with Crippen molar-refractivity contribution < 1.29 is 4.79 Å². The van der Waals surface area contributed by atoms with Crippen LogP contribution in [0.2, 0.25) is 0 Å². The molecular weight excluding hydrogens is 252 g/mol. The quantitative estimate of drug-likeness (QED) is 0.341. The topological polar surface area (TPSA) is 65.5 Å². The molecule has 1 saturated carbocycles. The highest BCUT2D eigenvalue weighted by Crippen LogP contribution is 2.28. The normalized spacial score (nSPS) is 15.3. The van der Waals surface area contributed by atoms with Crippen LogP contribution in [0, 0.1) is 11.8 Å². The van der Waals surface area contributed by atoms with Crippen molar-refractivity contribution in [3.8, 4) is 0 Å². The number of carbonyl (C=O) groups excluding carboxylic acids is 1. The third-order valence-electron chi connectivity index (χ3n) is 3.67. The number of nitrogens with one attached hydrogen (secondary N) is 3. The largest absolute Gasteiger partial charge is 0.357 e. The number of amides is 1. The Morgan fingerprint density at radius 3 is 2.30 bits per heavy atom. The van der Waals surface area contributed by atoms with Gasteiger partial charge in [-0.2, -0.15) is 0 Å². The second kappa shape index (κ2) is 9.61. The minimum atomic E-state index is 0.200. The first-order valence-electron chi connectivity index (χ1n) is 8.01. The minimum Gasteiger partial charge on any atom is -0.357 e. The first-order chi connectivity index (χ1) is 9.71. The highest BCUT2D eigenvalue weighted by atomic mass is 16.2. The maximum Gasteiger partial charge on any atom is 0.223 e. The number of hydrogen-bond donors (Lipinski definition) is 3. The summed E-state index contributed by atoms with van der Waals surface area (Å²) in [5, 5.41) is 9.44. The van der Waals surface area contributed by atoms with E-state index in [1.807, 2.05) is 0 Å². The summed E-state index contributed by atoms with van der Waals surface area (Å²) in [7, 11) is 0. The first-order valence-corrected chi connectivity index (χ1v) is 8.01. The molecule has 3 N–H and O–H groups in total. The smallest absolute Gasteiger partial charge is 0.223 e. The molecule has 0 unspecified atom stereocenters. The Morgan fingerprint density at radius 2 is 1.75 bits per heavy atom. The Labute approximate surface area is 123 Å². The number of aliphatic imine (C=N–C) groups is 1. The lowest BCUT2D eigenvalue weighted by atomic mass is 10.0. The van der Waals surface area contributed by atoms with E-state index in [-0.39, 0.29) is 11.8 Å². The van der Waals surface area contributed by atoms with Crippen LogP contribution in [0.3, 0.4) is 0 Å². The Kier molecular flexibility index (Phi) is 8.07. The van der Waals surface area contributed by atoms with E-state index in [1.54, 1.807) is 0 Å². The predicted molar refractivity (Wildman–Crippen MR) is 83.8 cm³/mol. The molecule has 0 radical (unpaired) electrons. The van der Waals surface area contributed by atoms with Crippen LogP contribution in [0.4, 0.5) is 0 Å². The van der Waals surface area contributed by atoms with E-state index >= 15 is 0 Å². The Balaban J connectivity index is 2.22. The van der Waals surface area contributed by atoms with Crippen LogP contribution in [0.1, 0.15) is 46.5 Å². The lowest BCUT2D eigenvalue weighted by Gasteiger charge is -2.14. The van der Waals surface area contributed by atoms with Crippen molar-refractivity contribution >= 4 is 11.9 Å². The highest BCUT2D eigenvalue weighted by Gasteiger charge is 2.28. The van der Waals surface area contributed by atoms with Crippen LogP contribution in [-0.2, 0) is 4.79 Å². The molecule has 0 bridgehead atoms. The van der Waals surface area contributed by atoms with Gasteiger partial charge in [-0.15, -0.1) is 0 Å². The molecule has 5 nitrogen and oxygen atoms in total. The van der Waals surface area contributed by atoms with Crippen LogP contribution in [0.15, 0.2) is 4.99 Å². The van der Waals surface area contributed by atoms with Gasteiger partial charge < -0.3 is 16.0 Å². The fourth-order valence-electron chi connectivity index (χ4n) is 1.97. The molecule has 0 aromatic heterocycles. The molecule has 0 heterocycles. The molecule has 1 aliphatic carbocycles. The fourth-order valence-corrected chi connectivity index (χ4v) is 1.97. The summed E-state index contributed by atoms with van der Waals surface area (Å²) in [6.45, 7) is 9.55. The van der Waals surface area contributed by atoms with Crippen LogP contribution in [0.5, 0.6) is 0 Å². The average Bonchev–Trinajstić information content (AvgIpc) is 3.28. The molecular formula is C15H30N4O. The van der Waals surface area contributed by atoms with Gasteiger partial charge in [-0.1, -0.05) is 26.7 Å². The lowest BCUT2D eigenvalue weighted by Crippen LogP contribution is -2.42. The molecule has 1 rings (SSSR count). The average molecular weight is 282 g/mol. The number of rotatable bonds is 9. The minimum absolute atomic E-state index is 0.200. The van der Waals surface area contributed by atoms with Crippen molar-refractivity contribution in [2.24, 2.45) is 16.8 Å².